The van der Waals surface area contributed by atoms with E-state index in [1.807, 2.05) is 0 Å². The van der Waals surface area contributed by atoms with E-state index in [0.29, 0.717) is 5.92 Å². The summed E-state index contributed by atoms with van der Waals surface area (Å²) in [7, 11) is 0. The molecule has 1 unspecified atom stereocenters. The Labute approximate surface area is 149 Å². The highest BCUT2D eigenvalue weighted by Gasteiger charge is 2.25. The number of benzene rings is 2. The molecule has 2 aromatic carbocycles. The molecule has 1 aromatic heterocycles. The van der Waals surface area contributed by atoms with Crippen molar-refractivity contribution >= 4 is 22.2 Å². The number of hydrogen-bond acceptors (Lipinski definition) is 2. The third-order valence-corrected chi connectivity index (χ3v) is 5.12. The number of nitrogens with zero attached hydrogens (tertiary/aromatic N) is 2. The molecule has 0 fully saturated rings. The lowest BCUT2D eigenvalue weighted by molar-refractivity contribution is 0.769. The third kappa shape index (κ3) is 2.93. The van der Waals surface area contributed by atoms with Crippen LogP contribution < -0.4 is 4.90 Å². The molecule has 0 aliphatic carbocycles. The van der Waals surface area contributed by atoms with Gasteiger partial charge in [0.05, 0.1) is 11.2 Å². The zero-order valence-electron chi connectivity index (χ0n) is 14.9. The molecule has 1 aliphatic heterocycles. The minimum atomic E-state index is 0.350. The average Bonchev–Trinajstić information content (AvgIpc) is 2.67. The lowest BCUT2D eigenvalue weighted by atomic mass is 9.86. The average molecular weight is 328 g/mol. The predicted octanol–water partition coefficient (Wildman–Crippen LogP) is 6.00. The van der Waals surface area contributed by atoms with E-state index in [-0.39, 0.29) is 0 Å². The fourth-order valence-corrected chi connectivity index (χ4v) is 3.66. The lowest BCUT2D eigenvalue weighted by Gasteiger charge is -2.33. The Morgan fingerprint density at radius 1 is 0.960 bits per heavy atom. The van der Waals surface area contributed by atoms with Crippen LogP contribution in [0.15, 0.2) is 66.9 Å². The van der Waals surface area contributed by atoms with Crippen LogP contribution in [-0.2, 0) is 0 Å². The number of rotatable bonds is 4. The van der Waals surface area contributed by atoms with Gasteiger partial charge in [0, 0.05) is 35.3 Å². The van der Waals surface area contributed by atoms with Gasteiger partial charge < -0.3 is 4.90 Å². The number of unbranched alkanes of at least 4 members (excludes halogenated alkanes) is 1. The summed E-state index contributed by atoms with van der Waals surface area (Å²) in [6.45, 7) is 5.59. The first kappa shape index (κ1) is 15.9. The number of anilines is 1. The monoisotopic (exact) mass is 328 g/mol. The van der Waals surface area contributed by atoms with Gasteiger partial charge in [0.2, 0.25) is 0 Å². The zero-order valence-corrected chi connectivity index (χ0v) is 14.9. The van der Waals surface area contributed by atoms with Crippen LogP contribution in [0.25, 0.3) is 16.5 Å². The quantitative estimate of drug-likeness (QED) is 0.584. The summed E-state index contributed by atoms with van der Waals surface area (Å²) in [5, 5.41) is 1.19. The summed E-state index contributed by atoms with van der Waals surface area (Å²) in [5.41, 5.74) is 6.19. The number of aromatic nitrogens is 1. The Hall–Kier alpha value is -2.61. The first-order valence-corrected chi connectivity index (χ1v) is 9.21. The minimum absolute atomic E-state index is 0.350. The van der Waals surface area contributed by atoms with Gasteiger partial charge in [0.1, 0.15) is 0 Å². The van der Waals surface area contributed by atoms with Crippen LogP contribution in [0.1, 0.15) is 43.9 Å². The molecule has 1 aliphatic rings. The maximum atomic E-state index is 4.94. The highest BCUT2D eigenvalue weighted by atomic mass is 15.1. The van der Waals surface area contributed by atoms with Crippen molar-refractivity contribution in [2.75, 3.05) is 11.4 Å². The first-order valence-electron chi connectivity index (χ1n) is 9.21. The van der Waals surface area contributed by atoms with Crippen molar-refractivity contribution in [1.82, 2.24) is 4.98 Å². The molecule has 2 nitrogen and oxygen atoms in total. The molecule has 0 N–H and O–H groups in total. The Morgan fingerprint density at radius 3 is 2.64 bits per heavy atom. The summed E-state index contributed by atoms with van der Waals surface area (Å²) in [6, 6.07) is 21.5. The van der Waals surface area contributed by atoms with E-state index in [1.54, 1.807) is 0 Å². The van der Waals surface area contributed by atoms with E-state index in [4.69, 9.17) is 4.98 Å². The van der Waals surface area contributed by atoms with Crippen LogP contribution in [0.2, 0.25) is 0 Å². The van der Waals surface area contributed by atoms with Gasteiger partial charge in [-0.25, -0.2) is 4.98 Å². The largest absolute Gasteiger partial charge is 0.347 e. The second-order valence-corrected chi connectivity index (χ2v) is 6.80. The molecular weight excluding hydrogens is 304 g/mol. The van der Waals surface area contributed by atoms with Gasteiger partial charge in [0.25, 0.3) is 0 Å². The van der Waals surface area contributed by atoms with Crippen LogP contribution in [0.3, 0.4) is 0 Å². The predicted molar refractivity (Wildman–Crippen MR) is 107 cm³/mol. The van der Waals surface area contributed by atoms with Crippen LogP contribution in [-0.4, -0.2) is 11.5 Å². The van der Waals surface area contributed by atoms with Crippen molar-refractivity contribution in [3.8, 4) is 0 Å². The molecule has 0 saturated heterocycles. The van der Waals surface area contributed by atoms with Gasteiger partial charge in [-0.05, 0) is 30.2 Å². The topological polar surface area (TPSA) is 16.1 Å². The number of allylic oxidation sites excluding steroid dienone is 1. The SMILES string of the molecule is CCCCN1C=C(c2ccc3ccccc3n2)C(C)c2ccccc21. The highest BCUT2D eigenvalue weighted by Crippen LogP contribution is 2.41. The summed E-state index contributed by atoms with van der Waals surface area (Å²) in [4.78, 5) is 7.35. The first-order chi connectivity index (χ1) is 12.3. The lowest BCUT2D eigenvalue weighted by Crippen LogP contribution is -2.24. The molecule has 25 heavy (non-hydrogen) atoms. The Bertz CT molecular complexity index is 926. The second kappa shape index (κ2) is 6.72. The maximum Gasteiger partial charge on any atom is 0.0709 e. The van der Waals surface area contributed by atoms with Gasteiger partial charge in [-0.15, -0.1) is 0 Å². The van der Waals surface area contributed by atoms with Gasteiger partial charge in [-0.2, -0.15) is 0 Å². The molecule has 2 heterocycles. The molecular formula is C23H24N2. The molecule has 0 amide bonds. The fourth-order valence-electron chi connectivity index (χ4n) is 3.66. The van der Waals surface area contributed by atoms with Crippen LogP contribution in [0.4, 0.5) is 5.69 Å². The summed E-state index contributed by atoms with van der Waals surface area (Å²) in [5.74, 6) is 0.350. The standard InChI is InChI=1S/C23H24N2/c1-3-4-15-25-16-20(17(2)19-10-6-8-12-23(19)25)22-14-13-18-9-5-7-11-21(18)24-22/h5-14,16-17H,3-4,15H2,1-2H3. The summed E-state index contributed by atoms with van der Waals surface area (Å²) < 4.78 is 0. The van der Waals surface area contributed by atoms with Gasteiger partial charge in [-0.1, -0.05) is 62.7 Å². The zero-order chi connectivity index (χ0) is 17.2. The molecule has 2 heteroatoms. The Kier molecular flexibility index (Phi) is 4.27. The molecule has 126 valence electrons. The van der Waals surface area contributed by atoms with Crippen LogP contribution in [0, 0.1) is 0 Å². The Balaban J connectivity index is 1.80. The van der Waals surface area contributed by atoms with E-state index < -0.39 is 0 Å². The van der Waals surface area contributed by atoms with E-state index in [9.17, 15) is 0 Å². The molecule has 0 radical (unpaired) electrons. The van der Waals surface area contributed by atoms with Gasteiger partial charge >= 0.3 is 0 Å². The molecule has 3 aromatic rings. The summed E-state index contributed by atoms with van der Waals surface area (Å²) in [6.07, 6.45) is 4.71. The Morgan fingerprint density at radius 2 is 1.76 bits per heavy atom. The van der Waals surface area contributed by atoms with Crippen molar-refractivity contribution in [3.63, 3.8) is 0 Å². The minimum Gasteiger partial charge on any atom is -0.347 e. The van der Waals surface area contributed by atoms with E-state index in [0.717, 1.165) is 17.8 Å². The number of hydrogen-bond donors (Lipinski definition) is 0. The van der Waals surface area contributed by atoms with Gasteiger partial charge in [0.15, 0.2) is 0 Å². The molecule has 1 atom stereocenters. The molecule has 0 bridgehead atoms. The maximum absolute atomic E-state index is 4.94. The van der Waals surface area contributed by atoms with Crippen molar-refractivity contribution < 1.29 is 0 Å². The smallest absolute Gasteiger partial charge is 0.0709 e. The van der Waals surface area contributed by atoms with Crippen molar-refractivity contribution in [3.05, 3.63) is 78.1 Å². The third-order valence-electron chi connectivity index (χ3n) is 5.12. The summed E-state index contributed by atoms with van der Waals surface area (Å²) >= 11 is 0. The van der Waals surface area contributed by atoms with E-state index in [1.165, 1.54) is 35.1 Å². The van der Waals surface area contributed by atoms with E-state index in [2.05, 4.69) is 85.6 Å². The molecule has 4 rings (SSSR count). The highest BCUT2D eigenvalue weighted by molar-refractivity contribution is 5.84. The van der Waals surface area contributed by atoms with E-state index >= 15 is 0 Å². The number of para-hydroxylation sites is 2. The fraction of sp³-hybridized carbons (Fsp3) is 0.261. The normalized spacial score (nSPS) is 16.6. The van der Waals surface area contributed by atoms with Crippen molar-refractivity contribution in [2.24, 2.45) is 0 Å². The van der Waals surface area contributed by atoms with Crippen molar-refractivity contribution in [1.29, 1.82) is 0 Å². The second-order valence-electron chi connectivity index (χ2n) is 6.80. The van der Waals surface area contributed by atoms with Crippen molar-refractivity contribution in [2.45, 2.75) is 32.6 Å². The van der Waals surface area contributed by atoms with Gasteiger partial charge in [-0.3, -0.25) is 0 Å². The molecule has 0 saturated carbocycles. The number of fused-ring (bicyclic) bond motifs is 2. The molecule has 0 spiro atoms. The number of pyridine rings is 1. The van der Waals surface area contributed by atoms with Crippen LogP contribution >= 0.6 is 0 Å². The van der Waals surface area contributed by atoms with Crippen LogP contribution in [0.5, 0.6) is 0 Å².